The Balaban J connectivity index is 1.66. The highest BCUT2D eigenvalue weighted by Crippen LogP contribution is 2.29. The Hall–Kier alpha value is -2.36. The molecular weight excluding hydrogens is 616 g/mol. The molecule has 264 valence electrons. The molecule has 0 spiro atoms. The van der Waals surface area contributed by atoms with Crippen molar-refractivity contribution in [3.8, 4) is 0 Å². The Bertz CT molecular complexity index is 1010. The van der Waals surface area contributed by atoms with Crippen LogP contribution in [0.1, 0.15) is 39.5 Å². The van der Waals surface area contributed by atoms with Gasteiger partial charge < -0.3 is 70.0 Å². The van der Waals surface area contributed by atoms with Gasteiger partial charge in [-0.05, 0) is 26.7 Å². The maximum atomic E-state index is 12.7. The van der Waals surface area contributed by atoms with Gasteiger partial charge in [-0.2, -0.15) is 0 Å². The molecule has 3 rings (SSSR count). The molecule has 18 heteroatoms. The van der Waals surface area contributed by atoms with E-state index in [0.717, 1.165) is 12.8 Å². The fourth-order valence-corrected chi connectivity index (χ4v) is 5.08. The summed E-state index contributed by atoms with van der Waals surface area (Å²) in [5.41, 5.74) is 0. The monoisotopic (exact) mass is 664 g/mol. The quantitative estimate of drug-likeness (QED) is 0.114. The third-order valence-electron chi connectivity index (χ3n) is 7.64. The summed E-state index contributed by atoms with van der Waals surface area (Å²) in [5, 5.41) is 60.3. The highest BCUT2D eigenvalue weighted by molar-refractivity contribution is 5.84. The van der Waals surface area contributed by atoms with E-state index in [1.165, 1.54) is 18.7 Å². The number of nitrogens with one attached hydrogen (secondary N) is 3. The van der Waals surface area contributed by atoms with Crippen LogP contribution in [0, 0.1) is 0 Å². The number of aliphatic hydroxyl groups is 5. The van der Waals surface area contributed by atoms with Gasteiger partial charge in [-0.3, -0.25) is 19.3 Å². The number of rotatable bonds is 8. The van der Waals surface area contributed by atoms with Crippen molar-refractivity contribution in [3.63, 3.8) is 0 Å². The summed E-state index contributed by atoms with van der Waals surface area (Å²) in [7, 11) is 0. The number of amides is 3. The number of ketones is 1. The molecule has 46 heavy (non-hydrogen) atoms. The number of hydrogen-bond donors (Lipinski definition) is 8. The van der Waals surface area contributed by atoms with E-state index in [9.17, 15) is 44.7 Å². The van der Waals surface area contributed by atoms with Crippen LogP contribution in [-0.2, 0) is 42.9 Å². The number of Topliss-reactive ketones (excluding diaryl/α,β-unsaturated/α-hetero) is 1. The Morgan fingerprint density at radius 2 is 1.39 bits per heavy atom. The molecule has 0 aliphatic carbocycles. The predicted molar refractivity (Wildman–Crippen MR) is 154 cm³/mol. The molecule has 3 fully saturated rings. The largest absolute Gasteiger partial charge is 0.388 e. The second-order valence-electron chi connectivity index (χ2n) is 11.6. The molecule has 10 atom stereocenters. The predicted octanol–water partition coefficient (Wildman–Crippen LogP) is -4.55. The molecule has 3 aliphatic heterocycles. The standard InChI is InChI=1S/C28H48N4O14/c1-15(33)6-4-3-5-7-29-17(34)12-32-13-18(35)30-8-10-42-26-23(40)21(38)24(41)27(46-26)45-25-22(39)20(37)16(2)44-28(25)43-11-9-31-19(36)14-32/h16,20-28,37-41H,3-14H2,1-2H3,(H,29,34)(H,30,35)(H,31,36)/t16-,20+,21-,22+,23-,24-,25-,26+,27+,28+/m0/s1. The fraction of sp³-hybridized carbons (Fsp3) is 0.857. The normalized spacial score (nSPS) is 35.8. The molecule has 8 N–H and O–H groups in total. The summed E-state index contributed by atoms with van der Waals surface area (Å²) in [5.74, 6) is -1.33. The summed E-state index contributed by atoms with van der Waals surface area (Å²) < 4.78 is 28.0. The van der Waals surface area contributed by atoms with E-state index in [2.05, 4.69) is 16.0 Å². The van der Waals surface area contributed by atoms with E-state index >= 15 is 0 Å². The van der Waals surface area contributed by atoms with Crippen LogP contribution in [-0.4, -0.2) is 168 Å². The molecule has 0 aromatic rings. The fourth-order valence-electron chi connectivity index (χ4n) is 5.08. The number of fused-ring (bicyclic) bond motifs is 3. The highest BCUT2D eigenvalue weighted by Gasteiger charge is 2.50. The lowest BCUT2D eigenvalue weighted by Crippen LogP contribution is -2.64. The van der Waals surface area contributed by atoms with Crippen LogP contribution in [0.15, 0.2) is 0 Å². The highest BCUT2D eigenvalue weighted by atomic mass is 16.8. The first-order valence-electron chi connectivity index (χ1n) is 15.5. The molecule has 0 aromatic heterocycles. The summed E-state index contributed by atoms with van der Waals surface area (Å²) in [6.07, 6.45) is -12.4. The Morgan fingerprint density at radius 1 is 0.783 bits per heavy atom. The van der Waals surface area contributed by atoms with Crippen molar-refractivity contribution in [2.45, 2.75) is 101 Å². The van der Waals surface area contributed by atoms with E-state index < -0.39 is 79.3 Å². The molecule has 18 nitrogen and oxygen atoms in total. The summed E-state index contributed by atoms with van der Waals surface area (Å²) >= 11 is 0. The van der Waals surface area contributed by atoms with Gasteiger partial charge in [-0.1, -0.05) is 6.42 Å². The lowest BCUT2D eigenvalue weighted by atomic mass is 9.99. The lowest BCUT2D eigenvalue weighted by molar-refractivity contribution is -0.387. The molecule has 3 aliphatic rings. The second kappa shape index (κ2) is 18.8. The third-order valence-corrected chi connectivity index (χ3v) is 7.64. The van der Waals surface area contributed by atoms with Crippen molar-refractivity contribution in [3.05, 3.63) is 0 Å². The first-order valence-corrected chi connectivity index (χ1v) is 15.5. The second-order valence-corrected chi connectivity index (χ2v) is 11.6. The van der Waals surface area contributed by atoms with Gasteiger partial charge in [-0.25, -0.2) is 0 Å². The molecular formula is C28H48N4O14. The van der Waals surface area contributed by atoms with E-state index in [0.29, 0.717) is 19.4 Å². The van der Waals surface area contributed by atoms with Crippen LogP contribution in [0.2, 0.25) is 0 Å². The van der Waals surface area contributed by atoms with Crippen molar-refractivity contribution >= 4 is 23.5 Å². The van der Waals surface area contributed by atoms with E-state index in [-0.39, 0.29) is 51.7 Å². The number of carbonyl (C=O) groups excluding carboxylic acids is 4. The minimum atomic E-state index is -1.79. The van der Waals surface area contributed by atoms with Gasteiger partial charge in [0.2, 0.25) is 17.7 Å². The Labute approximate surface area is 266 Å². The summed E-state index contributed by atoms with van der Waals surface area (Å²) in [6, 6.07) is 0. The molecule has 2 bridgehead atoms. The van der Waals surface area contributed by atoms with Gasteiger partial charge in [0.05, 0.1) is 39.0 Å². The van der Waals surface area contributed by atoms with Crippen LogP contribution in [0.25, 0.3) is 0 Å². The number of ether oxygens (including phenoxy) is 5. The van der Waals surface area contributed by atoms with Gasteiger partial charge in [0.15, 0.2) is 18.9 Å². The number of carbonyl (C=O) groups is 4. The third kappa shape index (κ3) is 11.7. The van der Waals surface area contributed by atoms with Crippen molar-refractivity contribution in [1.29, 1.82) is 0 Å². The van der Waals surface area contributed by atoms with Crippen molar-refractivity contribution in [2.24, 2.45) is 0 Å². The molecule has 0 radical (unpaired) electrons. The van der Waals surface area contributed by atoms with E-state index in [4.69, 9.17) is 23.7 Å². The van der Waals surface area contributed by atoms with Crippen molar-refractivity contribution in [1.82, 2.24) is 20.9 Å². The number of nitrogens with zero attached hydrogens (tertiary/aromatic N) is 1. The average molecular weight is 665 g/mol. The summed E-state index contributed by atoms with van der Waals surface area (Å²) in [4.78, 5) is 50.4. The molecule has 0 saturated carbocycles. The van der Waals surface area contributed by atoms with Crippen molar-refractivity contribution < 1.29 is 68.4 Å². The van der Waals surface area contributed by atoms with E-state index in [1.54, 1.807) is 0 Å². The maximum Gasteiger partial charge on any atom is 0.234 e. The molecule has 3 saturated heterocycles. The van der Waals surface area contributed by atoms with Crippen LogP contribution in [0.5, 0.6) is 0 Å². The zero-order valence-electron chi connectivity index (χ0n) is 26.1. The van der Waals surface area contributed by atoms with Gasteiger partial charge in [0, 0.05) is 26.1 Å². The number of unbranched alkanes of at least 4 members (excludes halogenated alkanes) is 2. The topological polar surface area (TPSA) is 255 Å². The molecule has 0 unspecified atom stereocenters. The lowest BCUT2D eigenvalue weighted by Gasteiger charge is -2.45. The SMILES string of the molecule is CC(=O)CCCCCNC(=O)CN1CC(=O)NCCO[C@@H]2O[C@@H](O[C@@H]3[C@H](OCCNC(=O)C1)O[C@@H](C)[C@@H](O)[C@H]3O)[C@@H](O)[C@@H](O)[C@@H]2O. The maximum absolute atomic E-state index is 12.7. The Morgan fingerprint density at radius 3 is 2.02 bits per heavy atom. The minimum Gasteiger partial charge on any atom is -0.388 e. The first kappa shape index (κ1) is 38.1. The van der Waals surface area contributed by atoms with Gasteiger partial charge in [-0.15, -0.1) is 0 Å². The van der Waals surface area contributed by atoms with Gasteiger partial charge >= 0.3 is 0 Å². The first-order chi connectivity index (χ1) is 21.9. The number of hydrogen-bond acceptors (Lipinski definition) is 15. The zero-order chi connectivity index (χ0) is 33.8. The molecule has 3 heterocycles. The van der Waals surface area contributed by atoms with Crippen LogP contribution >= 0.6 is 0 Å². The zero-order valence-corrected chi connectivity index (χ0v) is 26.1. The van der Waals surface area contributed by atoms with Crippen LogP contribution < -0.4 is 16.0 Å². The molecule has 0 aromatic carbocycles. The molecule has 3 amide bonds. The van der Waals surface area contributed by atoms with Gasteiger partial charge in [0.1, 0.15) is 42.4 Å². The summed E-state index contributed by atoms with van der Waals surface area (Å²) in [6.45, 7) is 2.02. The van der Waals surface area contributed by atoms with Crippen molar-refractivity contribution in [2.75, 3.05) is 52.5 Å². The number of aliphatic hydroxyl groups excluding tert-OH is 5. The van der Waals surface area contributed by atoms with Crippen LogP contribution in [0.3, 0.4) is 0 Å². The Kier molecular flexibility index (Phi) is 15.6. The minimum absolute atomic E-state index is 0.0473. The average Bonchev–Trinajstić information content (AvgIpc) is 2.99. The van der Waals surface area contributed by atoms with Crippen LogP contribution in [0.4, 0.5) is 0 Å². The van der Waals surface area contributed by atoms with E-state index in [1.807, 2.05) is 0 Å². The smallest absolute Gasteiger partial charge is 0.234 e. The van der Waals surface area contributed by atoms with Gasteiger partial charge in [0.25, 0.3) is 0 Å².